The third kappa shape index (κ3) is 2.39. The quantitative estimate of drug-likeness (QED) is 0.433. The monoisotopic (exact) mass is 280 g/mol. The first-order valence-corrected chi connectivity index (χ1v) is 6.36. The summed E-state index contributed by atoms with van der Waals surface area (Å²) in [6.45, 7) is 0. The van der Waals surface area contributed by atoms with Crippen LogP contribution >= 0.6 is 0 Å². The molecule has 3 rings (SSSR count). The molecule has 0 spiro atoms. The van der Waals surface area contributed by atoms with Gasteiger partial charge in [0.25, 0.3) is 0 Å². The Kier molecular flexibility index (Phi) is 3.20. The van der Waals surface area contributed by atoms with Gasteiger partial charge in [-0.2, -0.15) is 0 Å². The van der Waals surface area contributed by atoms with Crippen LogP contribution in [-0.4, -0.2) is 16.0 Å². The molecule has 0 saturated carbocycles. The van der Waals surface area contributed by atoms with E-state index in [0.717, 1.165) is 11.5 Å². The Labute approximate surface area is 120 Å². The number of hydrogen-bond donors (Lipinski definition) is 2. The third-order valence-corrected chi connectivity index (χ3v) is 3.21. The molecular weight excluding hydrogens is 268 g/mol. The average Bonchev–Trinajstić information content (AvgIpc) is 3.02. The Morgan fingerprint density at radius 1 is 1.05 bits per heavy atom. The smallest absolute Gasteiger partial charge is 0.224 e. The minimum atomic E-state index is -0.468. The number of ketones is 1. The average molecular weight is 280 g/mol. The number of benzene rings is 2. The molecule has 2 N–H and O–H groups in total. The van der Waals surface area contributed by atoms with Crippen LogP contribution in [0.25, 0.3) is 16.5 Å². The lowest BCUT2D eigenvalue weighted by Crippen LogP contribution is -1.95. The highest BCUT2D eigenvalue weighted by molar-refractivity contribution is 6.06. The normalized spacial score (nSPS) is 11.7. The molecule has 0 amide bonds. The highest BCUT2D eigenvalue weighted by Gasteiger charge is 2.13. The number of fused-ring (bicyclic) bond motifs is 1. The van der Waals surface area contributed by atoms with E-state index in [1.165, 1.54) is 12.3 Å². The van der Waals surface area contributed by atoms with Crippen molar-refractivity contribution in [1.29, 1.82) is 0 Å². The van der Waals surface area contributed by atoms with E-state index >= 15 is 0 Å². The molecule has 4 heteroatoms. The van der Waals surface area contributed by atoms with Gasteiger partial charge in [0.2, 0.25) is 5.78 Å². The van der Waals surface area contributed by atoms with Gasteiger partial charge < -0.3 is 14.6 Å². The molecule has 4 nitrogen and oxygen atoms in total. The van der Waals surface area contributed by atoms with Crippen molar-refractivity contribution in [2.24, 2.45) is 0 Å². The van der Waals surface area contributed by atoms with Gasteiger partial charge in [-0.05, 0) is 23.6 Å². The molecule has 0 aliphatic carbocycles. The third-order valence-electron chi connectivity index (χ3n) is 3.21. The highest BCUT2D eigenvalue weighted by Crippen LogP contribution is 2.32. The van der Waals surface area contributed by atoms with Crippen molar-refractivity contribution >= 4 is 22.3 Å². The van der Waals surface area contributed by atoms with Crippen LogP contribution < -0.4 is 0 Å². The summed E-state index contributed by atoms with van der Waals surface area (Å²) in [7, 11) is 0. The second-order valence-corrected chi connectivity index (χ2v) is 4.55. The van der Waals surface area contributed by atoms with E-state index in [9.17, 15) is 15.0 Å². The van der Waals surface area contributed by atoms with Crippen LogP contribution in [0.15, 0.2) is 65.3 Å². The molecule has 2 aromatic carbocycles. The van der Waals surface area contributed by atoms with Crippen LogP contribution in [0.4, 0.5) is 0 Å². The molecule has 0 aliphatic heterocycles. The number of aliphatic hydroxyl groups is 1. The van der Waals surface area contributed by atoms with Gasteiger partial charge in [0.05, 0.1) is 11.8 Å². The van der Waals surface area contributed by atoms with Gasteiger partial charge in [-0.3, -0.25) is 4.79 Å². The number of hydrogen-bond acceptors (Lipinski definition) is 4. The number of carbonyl (C=O) groups is 1. The van der Waals surface area contributed by atoms with Crippen molar-refractivity contribution in [3.8, 4) is 5.75 Å². The van der Waals surface area contributed by atoms with Gasteiger partial charge >= 0.3 is 0 Å². The lowest BCUT2D eigenvalue weighted by molar-refractivity contribution is 0.102. The van der Waals surface area contributed by atoms with Crippen molar-refractivity contribution in [3.63, 3.8) is 0 Å². The van der Waals surface area contributed by atoms with Crippen LogP contribution in [0, 0.1) is 0 Å². The Bertz CT molecular complexity index is 829. The number of aliphatic hydroxyl groups excluding tert-OH is 1. The number of furan rings is 1. The summed E-state index contributed by atoms with van der Waals surface area (Å²) in [4.78, 5) is 11.9. The number of rotatable bonds is 3. The number of phenols is 1. The van der Waals surface area contributed by atoms with Gasteiger partial charge in [0.1, 0.15) is 11.5 Å². The molecule has 104 valence electrons. The molecular formula is C17H12O4. The second-order valence-electron chi connectivity index (χ2n) is 4.55. The van der Waals surface area contributed by atoms with Gasteiger partial charge in [-0.25, -0.2) is 0 Å². The van der Waals surface area contributed by atoms with E-state index in [-0.39, 0.29) is 22.8 Å². The van der Waals surface area contributed by atoms with E-state index in [4.69, 9.17) is 4.42 Å². The fourth-order valence-corrected chi connectivity index (χ4v) is 2.15. The molecule has 0 atom stereocenters. The van der Waals surface area contributed by atoms with Crippen molar-refractivity contribution in [3.05, 3.63) is 72.2 Å². The van der Waals surface area contributed by atoms with Gasteiger partial charge in [-0.15, -0.1) is 0 Å². The molecule has 0 saturated heterocycles. The summed E-state index contributed by atoms with van der Waals surface area (Å²) in [6, 6.07) is 13.7. The SMILES string of the molecule is O=C(/C=C(\O)c1ccc2ccccc2c1O)c1ccco1. The van der Waals surface area contributed by atoms with E-state index in [2.05, 4.69) is 0 Å². The predicted molar refractivity (Wildman–Crippen MR) is 79.3 cm³/mol. The van der Waals surface area contributed by atoms with E-state index in [0.29, 0.717) is 5.39 Å². The minimum Gasteiger partial charge on any atom is -0.507 e. The van der Waals surface area contributed by atoms with E-state index < -0.39 is 5.78 Å². The zero-order valence-corrected chi connectivity index (χ0v) is 11.0. The summed E-state index contributed by atoms with van der Waals surface area (Å²) >= 11 is 0. The van der Waals surface area contributed by atoms with Crippen molar-refractivity contribution in [1.82, 2.24) is 0 Å². The van der Waals surface area contributed by atoms with E-state index in [1.54, 1.807) is 30.3 Å². The minimum absolute atomic E-state index is 0.0610. The van der Waals surface area contributed by atoms with Gasteiger partial charge in [0.15, 0.2) is 5.76 Å². The molecule has 0 fully saturated rings. The van der Waals surface area contributed by atoms with E-state index in [1.807, 2.05) is 12.1 Å². The summed E-state index contributed by atoms with van der Waals surface area (Å²) in [5, 5.41) is 21.8. The topological polar surface area (TPSA) is 70.7 Å². The van der Waals surface area contributed by atoms with Gasteiger partial charge in [0, 0.05) is 11.5 Å². The Morgan fingerprint density at radius 2 is 1.86 bits per heavy atom. The summed E-state index contributed by atoms with van der Waals surface area (Å²) < 4.78 is 4.96. The number of allylic oxidation sites excluding steroid dienone is 1. The Balaban J connectivity index is 2.04. The lowest BCUT2D eigenvalue weighted by atomic mass is 10.0. The first-order valence-electron chi connectivity index (χ1n) is 6.36. The maximum Gasteiger partial charge on any atom is 0.224 e. The predicted octanol–water partition coefficient (Wildman–Crippen LogP) is 3.92. The van der Waals surface area contributed by atoms with Crippen molar-refractivity contribution < 1.29 is 19.4 Å². The summed E-state index contributed by atoms with van der Waals surface area (Å²) in [5.74, 6) is -0.708. The number of phenolic OH excluding ortho intramolecular Hbond substituents is 1. The maximum atomic E-state index is 11.9. The first kappa shape index (κ1) is 13.0. The number of carbonyl (C=O) groups excluding carboxylic acids is 1. The standard InChI is InChI=1S/C17H12O4/c18-14(10-15(19)16-6-3-9-21-16)13-8-7-11-4-1-2-5-12(11)17(13)20/h1-10,18,20H/b14-10-. The van der Waals surface area contributed by atoms with Crippen molar-refractivity contribution in [2.45, 2.75) is 0 Å². The zero-order valence-electron chi connectivity index (χ0n) is 11.0. The highest BCUT2D eigenvalue weighted by atomic mass is 16.3. The molecule has 1 heterocycles. The molecule has 21 heavy (non-hydrogen) atoms. The second kappa shape index (κ2) is 5.17. The molecule has 0 aliphatic rings. The van der Waals surface area contributed by atoms with Crippen LogP contribution in [0.2, 0.25) is 0 Å². The van der Waals surface area contributed by atoms with Crippen LogP contribution in [0.3, 0.4) is 0 Å². The largest absolute Gasteiger partial charge is 0.507 e. The van der Waals surface area contributed by atoms with Crippen molar-refractivity contribution in [2.75, 3.05) is 0 Å². The Hall–Kier alpha value is -3.01. The number of aromatic hydroxyl groups is 1. The van der Waals surface area contributed by atoms with Crippen LogP contribution in [-0.2, 0) is 0 Å². The summed E-state index contributed by atoms with van der Waals surface area (Å²) in [6.07, 6.45) is 2.41. The maximum absolute atomic E-state index is 11.9. The van der Waals surface area contributed by atoms with Crippen LogP contribution in [0.5, 0.6) is 5.75 Å². The fraction of sp³-hybridized carbons (Fsp3) is 0. The fourth-order valence-electron chi connectivity index (χ4n) is 2.15. The molecule has 0 unspecified atom stereocenters. The zero-order chi connectivity index (χ0) is 14.8. The Morgan fingerprint density at radius 3 is 2.62 bits per heavy atom. The lowest BCUT2D eigenvalue weighted by Gasteiger charge is -2.07. The molecule has 0 radical (unpaired) electrons. The summed E-state index contributed by atoms with van der Waals surface area (Å²) in [5.41, 5.74) is 0.202. The van der Waals surface area contributed by atoms with Crippen LogP contribution in [0.1, 0.15) is 16.1 Å². The molecule has 3 aromatic rings. The van der Waals surface area contributed by atoms with Gasteiger partial charge in [-0.1, -0.05) is 30.3 Å². The first-order chi connectivity index (χ1) is 10.2. The molecule has 0 bridgehead atoms. The molecule has 1 aromatic heterocycles.